The third kappa shape index (κ3) is 9.19. The van der Waals surface area contributed by atoms with Gasteiger partial charge in [-0.25, -0.2) is 9.37 Å². The second-order valence-electron chi connectivity index (χ2n) is 8.54. The van der Waals surface area contributed by atoms with Crippen LogP contribution in [0.25, 0.3) is 0 Å². The van der Waals surface area contributed by atoms with E-state index in [1.54, 1.807) is 0 Å². The first-order valence-corrected chi connectivity index (χ1v) is 13.3. The summed E-state index contributed by atoms with van der Waals surface area (Å²) in [6.07, 6.45) is 0. The van der Waals surface area contributed by atoms with Gasteiger partial charge in [0, 0.05) is 19.5 Å². The van der Waals surface area contributed by atoms with E-state index >= 15 is 0 Å². The molecule has 0 saturated heterocycles. The van der Waals surface area contributed by atoms with E-state index in [-0.39, 0.29) is 18.3 Å². The van der Waals surface area contributed by atoms with Crippen LogP contribution in [0.2, 0.25) is 0 Å². The van der Waals surface area contributed by atoms with E-state index < -0.39 is 22.9 Å². The molecule has 0 spiro atoms. The van der Waals surface area contributed by atoms with E-state index in [0.717, 1.165) is 4.57 Å². The van der Waals surface area contributed by atoms with Crippen molar-refractivity contribution >= 4 is 15.6 Å². The zero-order chi connectivity index (χ0) is 26.7. The maximum absolute atomic E-state index is 12.8. The number of carbonyl (C=O) groups excluding carboxylic acids is 1. The molecule has 0 bridgehead atoms. The van der Waals surface area contributed by atoms with Gasteiger partial charge in [0.15, 0.2) is 0 Å². The van der Waals surface area contributed by atoms with Gasteiger partial charge in [-0.3, -0.25) is 9.59 Å². The number of rotatable bonds is 5. The number of nitrogens with zero attached hydrogens (tertiary/aromatic N) is 2. The molecule has 0 aliphatic heterocycles. The summed E-state index contributed by atoms with van der Waals surface area (Å²) >= 11 is 1.82. The van der Waals surface area contributed by atoms with Crippen molar-refractivity contribution in [2.75, 3.05) is 0 Å². The molecule has 0 atom stereocenters. The fraction of sp³-hybridized carbons (Fsp3) is 0.346. The van der Waals surface area contributed by atoms with Gasteiger partial charge in [0.1, 0.15) is 17.3 Å². The second-order valence-corrected chi connectivity index (χ2v) is 8.54. The Balaban J connectivity index is 0.000000425. The molecule has 0 radical (unpaired) electrons. The molecule has 0 aliphatic rings. The Hall–Kier alpha value is -2.57. The first-order chi connectivity index (χ1) is 16.5. The van der Waals surface area contributed by atoms with Crippen LogP contribution in [0.5, 0.6) is 5.75 Å². The average Bonchev–Trinajstić information content (AvgIpc) is 2.84. The molecule has 1 amide bonds. The van der Waals surface area contributed by atoms with Gasteiger partial charge < -0.3 is 15.0 Å². The molecule has 3 rings (SSSR count). The van der Waals surface area contributed by atoms with E-state index in [9.17, 15) is 19.1 Å². The van der Waals surface area contributed by atoms with Crippen LogP contribution in [0.15, 0.2) is 53.3 Å². The molecule has 0 saturated carbocycles. The van der Waals surface area contributed by atoms with E-state index in [1.165, 1.54) is 42.4 Å². The van der Waals surface area contributed by atoms with E-state index in [1.807, 2.05) is 31.2 Å². The van der Waals surface area contributed by atoms with E-state index in [4.69, 9.17) is 0 Å². The Labute approximate surface area is 220 Å². The zero-order valence-corrected chi connectivity index (χ0v) is 23.2. The minimum absolute atomic E-state index is 0.104. The van der Waals surface area contributed by atoms with Gasteiger partial charge in [0.2, 0.25) is 5.56 Å². The maximum atomic E-state index is 12.8. The van der Waals surface area contributed by atoms with Gasteiger partial charge in [-0.05, 0) is 41.9 Å². The van der Waals surface area contributed by atoms with Crippen molar-refractivity contribution in [1.82, 2.24) is 14.9 Å². The molecule has 3 aromatic rings. The zero-order valence-electron chi connectivity index (χ0n) is 20.7. The number of hydrogen-bond acceptors (Lipinski definition) is 4. The first kappa shape index (κ1) is 30.5. The van der Waals surface area contributed by atoms with Gasteiger partial charge in [0.25, 0.3) is 5.91 Å². The van der Waals surface area contributed by atoms with Crippen molar-refractivity contribution in [3.8, 4) is 5.75 Å². The molecule has 1 N–H and O–H groups in total. The summed E-state index contributed by atoms with van der Waals surface area (Å²) < 4.78 is 14.0. The van der Waals surface area contributed by atoms with E-state index in [2.05, 4.69) is 65.0 Å². The molecule has 9 heteroatoms. The molecule has 0 aliphatic carbocycles. The number of amides is 1. The number of hydrogen-bond donors (Lipinski definition) is 1. The van der Waals surface area contributed by atoms with Crippen LogP contribution in [0.4, 0.5) is 4.39 Å². The Morgan fingerprint density at radius 2 is 1.60 bits per heavy atom. The number of aryl methyl sites for hydroxylation is 1. The third-order valence-corrected chi connectivity index (χ3v) is 5.13. The third-order valence-electron chi connectivity index (χ3n) is 5.13. The van der Waals surface area contributed by atoms with Crippen LogP contribution in [0.3, 0.4) is 0 Å². The number of benzene rings is 2. The van der Waals surface area contributed by atoms with Crippen LogP contribution >= 0.6 is 9.69 Å². The number of halogens is 2. The fourth-order valence-corrected chi connectivity index (χ4v) is 3.09. The summed E-state index contributed by atoms with van der Waals surface area (Å²) in [5.74, 6) is -1.14. The molecular formula is C26H31ClFN3O3Ru. The quantitative estimate of drug-likeness (QED) is 0.432. The first-order valence-electron chi connectivity index (χ1n) is 11.0. The minimum atomic E-state index is -0.937. The molecule has 0 unspecified atom stereocenters. The van der Waals surface area contributed by atoms with Crippen molar-refractivity contribution in [1.29, 1.82) is 0 Å². The molecule has 190 valence electrons. The van der Waals surface area contributed by atoms with E-state index in [0.29, 0.717) is 17.3 Å². The topological polar surface area (TPSA) is 87.1 Å². The van der Waals surface area contributed by atoms with Crippen molar-refractivity contribution in [2.45, 2.75) is 53.0 Å². The molecular weight excluding hydrogens is 558 g/mol. The second kappa shape index (κ2) is 14.7. The standard InChI is InChI=1S/C16H18FN3O3.C10H14.ClH.Ru/c1-9(2)14-19-12(13(21)16(23)20(14)3)15(22)18-8-10-4-6-11(17)7-5-10;1-8(2)10-6-4-9(3)5-7-10;;/h4-7,9,21H,8H2,1-3H3,(H,18,22);4-8H,1-3H3;1H;/q;;;+2/p-2. The Morgan fingerprint density at radius 3 is 2.09 bits per heavy atom. The Bertz CT molecular complexity index is 1150. The van der Waals surface area contributed by atoms with Crippen LogP contribution in [0, 0.1) is 12.7 Å². The number of aromatic nitrogens is 2. The number of carbonyl (C=O) groups is 1. The summed E-state index contributed by atoms with van der Waals surface area (Å²) in [6.45, 7) is 10.3. The SMILES string of the molecule is CC(C)c1nc(C(=O)NCc2ccc(F)cc2)c([O-])c(=O)n1C.Cc1ccc(C(C)C)cc1.[Cl][Ru+]. The summed E-state index contributed by atoms with van der Waals surface area (Å²) in [5.41, 5.74) is 2.23. The average molecular weight is 589 g/mol. The normalized spacial score (nSPS) is 10.3. The van der Waals surface area contributed by atoms with Gasteiger partial charge in [0.05, 0.1) is 0 Å². The van der Waals surface area contributed by atoms with Crippen LogP contribution in [-0.2, 0) is 30.9 Å². The van der Waals surface area contributed by atoms with Gasteiger partial charge in [-0.1, -0.05) is 69.7 Å². The molecule has 0 fully saturated rings. The summed E-state index contributed by atoms with van der Waals surface area (Å²) in [5, 5.41) is 14.5. The number of nitrogens with one attached hydrogen (secondary N) is 1. The molecule has 1 aromatic heterocycles. The van der Waals surface area contributed by atoms with Gasteiger partial charge in [-0.2, -0.15) is 0 Å². The molecule has 6 nitrogen and oxygen atoms in total. The Morgan fingerprint density at radius 1 is 1.06 bits per heavy atom. The van der Waals surface area contributed by atoms with Crippen LogP contribution in [0.1, 0.15) is 72.5 Å². The Kier molecular flexibility index (Phi) is 12.8. The fourth-order valence-electron chi connectivity index (χ4n) is 3.09. The molecule has 35 heavy (non-hydrogen) atoms. The van der Waals surface area contributed by atoms with Gasteiger partial charge >= 0.3 is 27.0 Å². The van der Waals surface area contributed by atoms with Crippen LogP contribution < -0.4 is 16.0 Å². The summed E-state index contributed by atoms with van der Waals surface area (Å²) in [7, 11) is 6.02. The predicted molar refractivity (Wildman–Crippen MR) is 132 cm³/mol. The van der Waals surface area contributed by atoms with Crippen molar-refractivity contribution in [3.05, 3.63) is 92.9 Å². The monoisotopic (exact) mass is 589 g/mol. The van der Waals surface area contributed by atoms with Crippen molar-refractivity contribution in [2.24, 2.45) is 7.05 Å². The summed E-state index contributed by atoms with van der Waals surface area (Å²) in [4.78, 5) is 28.1. The van der Waals surface area contributed by atoms with Crippen molar-refractivity contribution in [3.63, 3.8) is 0 Å². The molecule has 2 aromatic carbocycles. The van der Waals surface area contributed by atoms with Crippen molar-refractivity contribution < 1.29 is 31.6 Å². The van der Waals surface area contributed by atoms with Crippen LogP contribution in [-0.4, -0.2) is 15.5 Å². The molecule has 1 heterocycles. The predicted octanol–water partition coefficient (Wildman–Crippen LogP) is 4.85. The van der Waals surface area contributed by atoms with Gasteiger partial charge in [-0.15, -0.1) is 0 Å². The summed E-state index contributed by atoms with van der Waals surface area (Å²) in [6, 6.07) is 14.3.